The van der Waals surface area contributed by atoms with Gasteiger partial charge in [0, 0.05) is 24.5 Å². The number of aromatic nitrogens is 2. The number of nitrogens with one attached hydrogen (secondary N) is 1. The monoisotopic (exact) mass is 338 g/mol. The number of nitrogens with zero attached hydrogens (tertiary/aromatic N) is 3. The van der Waals surface area contributed by atoms with E-state index in [0.717, 1.165) is 23.5 Å². The SMILES string of the molecule is CN1CCN=C1c1cc(F)c2[nH]nc(C=Cc3ccc(F)cc3)c2c1. The van der Waals surface area contributed by atoms with Gasteiger partial charge in [0.05, 0.1) is 12.2 Å². The molecule has 2 heterocycles. The third kappa shape index (κ3) is 2.91. The fraction of sp³-hybridized carbons (Fsp3) is 0.158. The fourth-order valence-electron chi connectivity index (χ4n) is 2.95. The van der Waals surface area contributed by atoms with Crippen molar-refractivity contribution in [2.45, 2.75) is 0 Å². The van der Waals surface area contributed by atoms with E-state index in [1.54, 1.807) is 18.2 Å². The van der Waals surface area contributed by atoms with Crippen molar-refractivity contribution < 1.29 is 8.78 Å². The summed E-state index contributed by atoms with van der Waals surface area (Å²) in [5, 5.41) is 7.63. The Kier molecular flexibility index (Phi) is 3.80. The van der Waals surface area contributed by atoms with Crippen LogP contribution in [0.5, 0.6) is 0 Å². The summed E-state index contributed by atoms with van der Waals surface area (Å²) in [6, 6.07) is 9.52. The van der Waals surface area contributed by atoms with Crippen LogP contribution in [0, 0.1) is 11.6 Å². The van der Waals surface area contributed by atoms with Crippen LogP contribution in [-0.4, -0.2) is 41.1 Å². The summed E-state index contributed by atoms with van der Waals surface area (Å²) in [6.07, 6.45) is 3.61. The summed E-state index contributed by atoms with van der Waals surface area (Å²) in [7, 11) is 1.94. The highest BCUT2D eigenvalue weighted by Crippen LogP contribution is 2.24. The number of likely N-dealkylation sites (N-methyl/N-ethyl adjacent to an activating group) is 1. The van der Waals surface area contributed by atoms with Crippen LogP contribution < -0.4 is 0 Å². The number of fused-ring (bicyclic) bond motifs is 1. The van der Waals surface area contributed by atoms with Gasteiger partial charge in [-0.1, -0.05) is 18.2 Å². The molecule has 0 unspecified atom stereocenters. The maximum Gasteiger partial charge on any atom is 0.149 e. The molecule has 1 aliphatic heterocycles. The van der Waals surface area contributed by atoms with Gasteiger partial charge in [-0.2, -0.15) is 5.10 Å². The molecule has 6 heteroatoms. The minimum atomic E-state index is -0.357. The average Bonchev–Trinajstić information content (AvgIpc) is 3.21. The lowest BCUT2D eigenvalue weighted by Gasteiger charge is -2.13. The molecule has 0 amide bonds. The maximum absolute atomic E-state index is 14.4. The number of rotatable bonds is 3. The largest absolute Gasteiger partial charge is 0.358 e. The number of halogens is 2. The zero-order valence-corrected chi connectivity index (χ0v) is 13.6. The van der Waals surface area contributed by atoms with Gasteiger partial charge < -0.3 is 4.90 Å². The molecule has 0 radical (unpaired) electrons. The number of amidine groups is 1. The molecule has 3 aromatic rings. The molecule has 25 heavy (non-hydrogen) atoms. The summed E-state index contributed by atoms with van der Waals surface area (Å²) in [6.45, 7) is 1.55. The van der Waals surface area contributed by atoms with Gasteiger partial charge in [-0.25, -0.2) is 8.78 Å². The Balaban J connectivity index is 1.74. The molecule has 0 aliphatic carbocycles. The molecule has 0 fully saturated rings. The first-order valence-corrected chi connectivity index (χ1v) is 7.99. The highest BCUT2D eigenvalue weighted by atomic mass is 19.1. The van der Waals surface area contributed by atoms with Crippen LogP contribution in [0.15, 0.2) is 41.4 Å². The number of H-pyrrole nitrogens is 1. The number of hydrogen-bond donors (Lipinski definition) is 1. The van der Waals surface area contributed by atoms with E-state index in [1.165, 1.54) is 18.2 Å². The van der Waals surface area contributed by atoms with E-state index in [2.05, 4.69) is 15.2 Å². The van der Waals surface area contributed by atoms with Crippen LogP contribution in [0.3, 0.4) is 0 Å². The second-order valence-electron chi connectivity index (χ2n) is 6.00. The van der Waals surface area contributed by atoms with E-state index in [4.69, 9.17) is 0 Å². The highest BCUT2D eigenvalue weighted by molar-refractivity contribution is 6.03. The van der Waals surface area contributed by atoms with Crippen LogP contribution in [0.1, 0.15) is 16.8 Å². The van der Waals surface area contributed by atoms with E-state index in [-0.39, 0.29) is 11.6 Å². The molecule has 0 saturated carbocycles. The van der Waals surface area contributed by atoms with Crippen molar-refractivity contribution in [2.75, 3.05) is 20.1 Å². The maximum atomic E-state index is 14.4. The molecule has 0 atom stereocenters. The summed E-state index contributed by atoms with van der Waals surface area (Å²) < 4.78 is 27.4. The van der Waals surface area contributed by atoms with Gasteiger partial charge in [-0.15, -0.1) is 0 Å². The highest BCUT2D eigenvalue weighted by Gasteiger charge is 2.18. The van der Waals surface area contributed by atoms with Crippen molar-refractivity contribution in [1.29, 1.82) is 0 Å². The van der Waals surface area contributed by atoms with E-state index in [9.17, 15) is 8.78 Å². The average molecular weight is 338 g/mol. The Morgan fingerprint density at radius 3 is 2.64 bits per heavy atom. The first-order valence-electron chi connectivity index (χ1n) is 7.99. The van der Waals surface area contributed by atoms with Gasteiger partial charge in [0.2, 0.25) is 0 Å². The van der Waals surface area contributed by atoms with Gasteiger partial charge in [0.25, 0.3) is 0 Å². The Morgan fingerprint density at radius 1 is 1.12 bits per heavy atom. The normalized spacial score (nSPS) is 14.7. The zero-order chi connectivity index (χ0) is 17.4. The second kappa shape index (κ2) is 6.12. The lowest BCUT2D eigenvalue weighted by atomic mass is 10.1. The molecular formula is C19H16F2N4. The molecule has 2 aromatic carbocycles. The van der Waals surface area contributed by atoms with Crippen molar-refractivity contribution in [1.82, 2.24) is 15.1 Å². The molecule has 1 aromatic heterocycles. The van der Waals surface area contributed by atoms with Crippen LogP contribution in [0.2, 0.25) is 0 Å². The molecule has 1 aliphatic rings. The van der Waals surface area contributed by atoms with E-state index in [1.807, 2.05) is 24.1 Å². The lowest BCUT2D eigenvalue weighted by Crippen LogP contribution is -2.23. The standard InChI is InChI=1S/C19H16F2N4/c1-25-9-8-22-19(25)13-10-15-17(23-24-18(15)16(21)11-13)7-4-12-2-5-14(20)6-3-12/h2-7,10-11H,8-9H2,1H3,(H,23,24). The first kappa shape index (κ1) is 15.5. The smallest absolute Gasteiger partial charge is 0.149 e. The lowest BCUT2D eigenvalue weighted by molar-refractivity contribution is 0.556. The van der Waals surface area contributed by atoms with Crippen molar-refractivity contribution in [3.8, 4) is 0 Å². The van der Waals surface area contributed by atoms with Crippen molar-refractivity contribution in [3.63, 3.8) is 0 Å². The van der Waals surface area contributed by atoms with Crippen LogP contribution >= 0.6 is 0 Å². The Bertz CT molecular complexity index is 987. The third-order valence-corrected chi connectivity index (χ3v) is 4.27. The minimum Gasteiger partial charge on any atom is -0.358 e. The van der Waals surface area contributed by atoms with E-state index < -0.39 is 0 Å². The van der Waals surface area contributed by atoms with Crippen molar-refractivity contribution in [2.24, 2.45) is 4.99 Å². The third-order valence-electron chi connectivity index (χ3n) is 4.27. The van der Waals surface area contributed by atoms with Gasteiger partial charge in [0.1, 0.15) is 23.0 Å². The predicted molar refractivity (Wildman–Crippen MR) is 95.4 cm³/mol. The van der Waals surface area contributed by atoms with Gasteiger partial charge in [-0.05, 0) is 35.9 Å². The van der Waals surface area contributed by atoms with Gasteiger partial charge in [-0.3, -0.25) is 10.1 Å². The second-order valence-corrected chi connectivity index (χ2v) is 6.00. The number of aromatic amines is 1. The molecule has 0 spiro atoms. The minimum absolute atomic E-state index is 0.282. The summed E-state index contributed by atoms with van der Waals surface area (Å²) >= 11 is 0. The van der Waals surface area contributed by atoms with E-state index >= 15 is 0 Å². The Labute approximate surface area is 143 Å². The molecule has 126 valence electrons. The number of benzene rings is 2. The Hall–Kier alpha value is -3.02. The molecule has 4 nitrogen and oxygen atoms in total. The van der Waals surface area contributed by atoms with E-state index in [0.29, 0.717) is 23.1 Å². The molecule has 0 saturated heterocycles. The molecule has 0 bridgehead atoms. The summed E-state index contributed by atoms with van der Waals surface area (Å²) in [4.78, 5) is 6.45. The van der Waals surface area contributed by atoms with Crippen LogP contribution in [0.4, 0.5) is 8.78 Å². The Morgan fingerprint density at radius 2 is 1.92 bits per heavy atom. The molecule has 1 N–H and O–H groups in total. The predicted octanol–water partition coefficient (Wildman–Crippen LogP) is 3.70. The van der Waals surface area contributed by atoms with Crippen molar-refractivity contribution >= 4 is 28.9 Å². The quantitative estimate of drug-likeness (QED) is 0.791. The zero-order valence-electron chi connectivity index (χ0n) is 13.6. The summed E-state index contributed by atoms with van der Waals surface area (Å²) in [5.41, 5.74) is 2.57. The number of aliphatic imine (C=N–C) groups is 1. The number of hydrogen-bond acceptors (Lipinski definition) is 3. The topological polar surface area (TPSA) is 44.3 Å². The van der Waals surface area contributed by atoms with Gasteiger partial charge in [0.15, 0.2) is 0 Å². The molecular weight excluding hydrogens is 322 g/mol. The van der Waals surface area contributed by atoms with Crippen LogP contribution in [0.25, 0.3) is 23.1 Å². The molecule has 4 rings (SSSR count). The first-order chi connectivity index (χ1) is 12.1. The fourth-order valence-corrected chi connectivity index (χ4v) is 2.95. The summed E-state index contributed by atoms with van der Waals surface area (Å²) in [5.74, 6) is 0.149. The van der Waals surface area contributed by atoms with Crippen LogP contribution in [-0.2, 0) is 0 Å². The van der Waals surface area contributed by atoms with Gasteiger partial charge >= 0.3 is 0 Å². The van der Waals surface area contributed by atoms with Crippen molar-refractivity contribution in [3.05, 3.63) is 64.9 Å².